The van der Waals surface area contributed by atoms with Crippen LogP contribution in [0.4, 0.5) is 0 Å². The molecular formula is C42H26O. The predicted molar refractivity (Wildman–Crippen MR) is 183 cm³/mol. The minimum Gasteiger partial charge on any atom is -0.456 e. The molecule has 1 heterocycles. The van der Waals surface area contributed by atoms with Crippen LogP contribution in [0.15, 0.2) is 162 Å². The highest BCUT2D eigenvalue weighted by Crippen LogP contribution is 2.45. The third-order valence-corrected chi connectivity index (χ3v) is 8.32. The lowest BCUT2D eigenvalue weighted by Gasteiger charge is -2.18. The Labute approximate surface area is 259 Å². The van der Waals surface area contributed by atoms with Gasteiger partial charge in [-0.1, -0.05) is 133 Å². The second-order valence-corrected chi connectivity index (χ2v) is 10.7. The summed E-state index contributed by atoms with van der Waals surface area (Å²) < 4.78 is 67.3. The molecule has 0 saturated carbocycles. The molecule has 1 nitrogen and oxygen atoms in total. The van der Waals surface area contributed by atoms with Crippen LogP contribution in [0.25, 0.3) is 87.6 Å². The lowest BCUT2D eigenvalue weighted by atomic mass is 9.85. The zero-order valence-corrected chi connectivity index (χ0v) is 22.9. The highest BCUT2D eigenvalue weighted by molar-refractivity contribution is 6.22. The van der Waals surface area contributed by atoms with E-state index < -0.39 is 12.1 Å². The van der Waals surface area contributed by atoms with Crippen LogP contribution in [0.3, 0.4) is 0 Å². The van der Waals surface area contributed by atoms with Crippen molar-refractivity contribution in [3.63, 3.8) is 0 Å². The number of fused-ring (bicyclic) bond motifs is 6. The maximum atomic E-state index is 9.44. The van der Waals surface area contributed by atoms with Crippen molar-refractivity contribution in [2.24, 2.45) is 0 Å². The van der Waals surface area contributed by atoms with E-state index in [0.29, 0.717) is 5.56 Å². The normalized spacial score (nSPS) is 14.0. The molecule has 0 bridgehead atoms. The van der Waals surface area contributed by atoms with Gasteiger partial charge < -0.3 is 4.42 Å². The largest absolute Gasteiger partial charge is 0.456 e. The van der Waals surface area contributed by atoms with Gasteiger partial charge >= 0.3 is 0 Å². The number of hydrogen-bond acceptors (Lipinski definition) is 1. The minimum atomic E-state index is -0.456. The summed E-state index contributed by atoms with van der Waals surface area (Å²) in [6.07, 6.45) is 0. The summed E-state index contributed by atoms with van der Waals surface area (Å²) in [5.74, 6) is 0. The fourth-order valence-electron chi connectivity index (χ4n) is 6.45. The van der Waals surface area contributed by atoms with Crippen molar-refractivity contribution in [2.75, 3.05) is 0 Å². The topological polar surface area (TPSA) is 13.1 Å². The van der Waals surface area contributed by atoms with Crippen molar-refractivity contribution in [3.8, 4) is 33.4 Å². The van der Waals surface area contributed by atoms with Crippen molar-refractivity contribution < 1.29 is 14.0 Å². The molecule has 0 saturated heterocycles. The third kappa shape index (κ3) is 3.72. The standard InChI is InChI=1S/C42H26O/c1-2-15-31-27(11-1)12-10-21-32(31)28-13-9-14-29(25-28)41-35-17-3-5-19-37(35)42(38-20-6-4-18-36(38)41)30-23-24-34-33-16-7-8-22-39(33)43-40(34)26-30/h1-26H/i7D,8D,16D,22D,23D,24D,26D. The SMILES string of the molecule is [2H]c1c([2H])c([2H])c2c(oc3c([2H])c(-c4c5ccccc5c(-c5cccc(-c6cccc7ccccc67)c5)c5ccccc45)c([2H])c([2H])c32)c1[2H]. The quantitative estimate of drug-likeness (QED) is 0.198. The number of hydrogen-bond donors (Lipinski definition) is 0. The van der Waals surface area contributed by atoms with E-state index in [0.717, 1.165) is 43.8 Å². The molecule has 0 spiro atoms. The van der Waals surface area contributed by atoms with E-state index >= 15 is 0 Å². The maximum Gasteiger partial charge on any atom is 0.136 e. The third-order valence-electron chi connectivity index (χ3n) is 8.32. The summed E-state index contributed by atoms with van der Waals surface area (Å²) >= 11 is 0. The van der Waals surface area contributed by atoms with Crippen LogP contribution in [0.1, 0.15) is 9.60 Å². The van der Waals surface area contributed by atoms with Gasteiger partial charge in [0.2, 0.25) is 0 Å². The molecule has 0 aliphatic carbocycles. The van der Waals surface area contributed by atoms with E-state index in [2.05, 4.69) is 60.7 Å². The lowest BCUT2D eigenvalue weighted by molar-refractivity contribution is 0.669. The molecule has 1 aromatic heterocycles. The molecule has 0 aliphatic rings. The molecule has 0 atom stereocenters. The van der Waals surface area contributed by atoms with E-state index in [4.69, 9.17) is 11.3 Å². The van der Waals surface area contributed by atoms with Gasteiger partial charge in [-0.2, -0.15) is 0 Å². The molecule has 0 amide bonds. The second kappa shape index (κ2) is 9.44. The van der Waals surface area contributed by atoms with Gasteiger partial charge in [0.15, 0.2) is 0 Å². The highest BCUT2D eigenvalue weighted by Gasteiger charge is 2.18. The van der Waals surface area contributed by atoms with E-state index in [9.17, 15) is 2.74 Å². The molecule has 0 fully saturated rings. The van der Waals surface area contributed by atoms with Gasteiger partial charge in [-0.05, 0) is 89.9 Å². The Morgan fingerprint density at radius 1 is 0.419 bits per heavy atom. The summed E-state index contributed by atoms with van der Waals surface area (Å²) in [4.78, 5) is 0. The van der Waals surface area contributed by atoms with Crippen LogP contribution in [-0.2, 0) is 0 Å². The van der Waals surface area contributed by atoms with Crippen LogP contribution in [0, 0.1) is 0 Å². The van der Waals surface area contributed by atoms with Gasteiger partial charge in [-0.25, -0.2) is 0 Å². The molecule has 8 aromatic carbocycles. The van der Waals surface area contributed by atoms with Crippen LogP contribution >= 0.6 is 0 Å². The summed E-state index contributed by atoms with van der Waals surface area (Å²) in [5, 5.41) is 5.85. The summed E-state index contributed by atoms with van der Waals surface area (Å²) in [7, 11) is 0. The summed E-state index contributed by atoms with van der Waals surface area (Å²) in [6.45, 7) is 0. The lowest BCUT2D eigenvalue weighted by Crippen LogP contribution is -1.91. The van der Waals surface area contributed by atoms with Crippen LogP contribution in [-0.4, -0.2) is 0 Å². The van der Waals surface area contributed by atoms with Gasteiger partial charge in [0.25, 0.3) is 0 Å². The zero-order chi connectivity index (χ0) is 34.4. The van der Waals surface area contributed by atoms with Gasteiger partial charge in [0.1, 0.15) is 11.2 Å². The maximum absolute atomic E-state index is 9.44. The Bertz CT molecular complexity index is 2850. The van der Waals surface area contributed by atoms with Crippen molar-refractivity contribution in [3.05, 3.63) is 158 Å². The number of benzene rings is 8. The molecule has 9 rings (SSSR count). The molecule has 1 heteroatoms. The first kappa shape index (κ1) is 18.0. The zero-order valence-electron chi connectivity index (χ0n) is 29.9. The van der Waals surface area contributed by atoms with E-state index in [1.807, 2.05) is 54.6 Å². The number of furan rings is 1. The van der Waals surface area contributed by atoms with Crippen LogP contribution in [0.5, 0.6) is 0 Å². The summed E-state index contributed by atoms with van der Waals surface area (Å²) in [5.41, 5.74) is 4.92. The molecule has 200 valence electrons. The van der Waals surface area contributed by atoms with Gasteiger partial charge in [-0.15, -0.1) is 0 Å². The highest BCUT2D eigenvalue weighted by atomic mass is 16.3. The number of para-hydroxylation sites is 1. The number of rotatable bonds is 3. The monoisotopic (exact) mass is 553 g/mol. The first-order chi connectivity index (χ1) is 24.3. The minimum absolute atomic E-state index is 0.0145. The molecule has 0 unspecified atom stereocenters. The molecule has 0 aliphatic heterocycles. The smallest absolute Gasteiger partial charge is 0.136 e. The fourth-order valence-corrected chi connectivity index (χ4v) is 6.45. The van der Waals surface area contributed by atoms with E-state index in [-0.39, 0.29) is 57.7 Å². The van der Waals surface area contributed by atoms with Gasteiger partial charge in [0.05, 0.1) is 9.60 Å². The first-order valence-corrected chi connectivity index (χ1v) is 14.2. The average Bonchev–Trinajstić information content (AvgIpc) is 3.56. The van der Waals surface area contributed by atoms with E-state index in [1.165, 1.54) is 10.8 Å². The van der Waals surface area contributed by atoms with Crippen LogP contribution in [0.2, 0.25) is 0 Å². The summed E-state index contributed by atoms with van der Waals surface area (Å²) in [6, 6.07) is 36.8. The molecule has 0 N–H and O–H groups in total. The Balaban J connectivity index is 1.37. The van der Waals surface area contributed by atoms with Crippen LogP contribution < -0.4 is 0 Å². The Morgan fingerprint density at radius 2 is 1.00 bits per heavy atom. The predicted octanol–water partition coefficient (Wildman–Crippen LogP) is 12.0. The first-order valence-electron chi connectivity index (χ1n) is 17.7. The molecule has 43 heavy (non-hydrogen) atoms. The molecule has 9 aromatic rings. The Kier molecular flexibility index (Phi) is 3.95. The van der Waals surface area contributed by atoms with Crippen molar-refractivity contribution in [1.82, 2.24) is 0 Å². The van der Waals surface area contributed by atoms with Gasteiger partial charge in [0, 0.05) is 10.8 Å². The fraction of sp³-hybridized carbons (Fsp3) is 0. The average molecular weight is 554 g/mol. The van der Waals surface area contributed by atoms with Gasteiger partial charge in [-0.3, -0.25) is 0 Å². The van der Waals surface area contributed by atoms with Crippen molar-refractivity contribution in [2.45, 2.75) is 0 Å². The Morgan fingerprint density at radius 3 is 1.77 bits per heavy atom. The molecular weight excluding hydrogens is 520 g/mol. The Hall–Kier alpha value is -5.66. The second-order valence-electron chi connectivity index (χ2n) is 10.7. The molecule has 0 radical (unpaired) electrons. The van der Waals surface area contributed by atoms with Crippen molar-refractivity contribution in [1.29, 1.82) is 0 Å². The van der Waals surface area contributed by atoms with E-state index in [1.54, 1.807) is 0 Å². The van der Waals surface area contributed by atoms with Crippen molar-refractivity contribution >= 4 is 54.3 Å².